The second kappa shape index (κ2) is 7.40. The lowest BCUT2D eigenvalue weighted by molar-refractivity contribution is -0.384. The van der Waals surface area contributed by atoms with Crippen LogP contribution in [0.3, 0.4) is 0 Å². The second-order valence-electron chi connectivity index (χ2n) is 5.52. The lowest BCUT2D eigenvalue weighted by Crippen LogP contribution is -2.21. The molecule has 0 amide bonds. The molecule has 5 heteroatoms. The van der Waals surface area contributed by atoms with Gasteiger partial charge in [0, 0.05) is 23.4 Å². The lowest BCUT2D eigenvalue weighted by Gasteiger charge is -2.19. The molecule has 0 saturated heterocycles. The molecular formula is C20H16N2O3. The van der Waals surface area contributed by atoms with Gasteiger partial charge in [0.05, 0.1) is 4.92 Å². The number of hydrogen-bond donors (Lipinski definition) is 1. The van der Waals surface area contributed by atoms with E-state index in [4.69, 9.17) is 0 Å². The van der Waals surface area contributed by atoms with Crippen molar-refractivity contribution in [2.75, 3.05) is 5.32 Å². The number of carbonyl (C=O) groups is 1. The Morgan fingerprint density at radius 1 is 0.840 bits per heavy atom. The fourth-order valence-corrected chi connectivity index (χ4v) is 2.56. The molecule has 0 aliphatic heterocycles. The molecule has 0 bridgehead atoms. The quantitative estimate of drug-likeness (QED) is 0.406. The number of nitrogens with one attached hydrogen (secondary N) is 1. The molecular weight excluding hydrogens is 316 g/mol. The highest BCUT2D eigenvalue weighted by Gasteiger charge is 2.22. The molecule has 25 heavy (non-hydrogen) atoms. The number of rotatable bonds is 6. The predicted octanol–water partition coefficient (Wildman–Crippen LogP) is 4.63. The first kappa shape index (κ1) is 16.4. The first-order valence-electron chi connectivity index (χ1n) is 7.80. The average molecular weight is 332 g/mol. The summed E-state index contributed by atoms with van der Waals surface area (Å²) in [6.45, 7) is 0. The predicted molar refractivity (Wildman–Crippen MR) is 96.7 cm³/mol. The number of nitro groups is 1. The zero-order valence-corrected chi connectivity index (χ0v) is 13.3. The molecule has 1 N–H and O–H groups in total. The van der Waals surface area contributed by atoms with E-state index in [9.17, 15) is 14.9 Å². The third-order valence-electron chi connectivity index (χ3n) is 3.84. The third-order valence-corrected chi connectivity index (χ3v) is 3.84. The number of non-ortho nitro benzene ring substituents is 1. The van der Waals surface area contributed by atoms with Gasteiger partial charge in [0.25, 0.3) is 5.69 Å². The fourth-order valence-electron chi connectivity index (χ4n) is 2.56. The van der Waals surface area contributed by atoms with Crippen molar-refractivity contribution in [2.45, 2.75) is 6.04 Å². The van der Waals surface area contributed by atoms with Crippen molar-refractivity contribution in [3.8, 4) is 0 Å². The van der Waals surface area contributed by atoms with Crippen molar-refractivity contribution in [1.82, 2.24) is 0 Å². The van der Waals surface area contributed by atoms with E-state index in [0.29, 0.717) is 11.3 Å². The summed E-state index contributed by atoms with van der Waals surface area (Å²) < 4.78 is 0. The highest BCUT2D eigenvalue weighted by atomic mass is 16.6. The normalized spacial score (nSPS) is 11.5. The molecule has 0 aliphatic carbocycles. The Bertz CT molecular complexity index is 862. The maximum Gasteiger partial charge on any atom is 0.269 e. The van der Waals surface area contributed by atoms with Crippen LogP contribution in [0.2, 0.25) is 0 Å². The summed E-state index contributed by atoms with van der Waals surface area (Å²) in [4.78, 5) is 23.3. The van der Waals surface area contributed by atoms with Crippen LogP contribution in [-0.2, 0) is 0 Å². The van der Waals surface area contributed by atoms with E-state index in [-0.39, 0.29) is 11.5 Å². The van der Waals surface area contributed by atoms with Crippen LogP contribution in [0.1, 0.15) is 22.0 Å². The first-order valence-corrected chi connectivity index (χ1v) is 7.80. The van der Waals surface area contributed by atoms with Crippen LogP contribution in [0.15, 0.2) is 84.9 Å². The van der Waals surface area contributed by atoms with Gasteiger partial charge in [-0.2, -0.15) is 0 Å². The molecule has 3 aromatic carbocycles. The second-order valence-corrected chi connectivity index (χ2v) is 5.52. The van der Waals surface area contributed by atoms with E-state index in [1.165, 1.54) is 12.1 Å². The number of carbonyl (C=O) groups excluding carboxylic acids is 1. The summed E-state index contributed by atoms with van der Waals surface area (Å²) in [7, 11) is 0. The van der Waals surface area contributed by atoms with E-state index in [1.54, 1.807) is 24.3 Å². The van der Waals surface area contributed by atoms with Crippen molar-refractivity contribution in [1.29, 1.82) is 0 Å². The van der Waals surface area contributed by atoms with Gasteiger partial charge in [-0.1, -0.05) is 60.7 Å². The average Bonchev–Trinajstić information content (AvgIpc) is 2.67. The van der Waals surface area contributed by atoms with Crippen LogP contribution in [-0.4, -0.2) is 10.7 Å². The van der Waals surface area contributed by atoms with Crippen molar-refractivity contribution < 1.29 is 9.72 Å². The molecule has 5 nitrogen and oxygen atoms in total. The molecule has 1 unspecified atom stereocenters. The molecule has 0 aromatic heterocycles. The van der Waals surface area contributed by atoms with Gasteiger partial charge in [-0.15, -0.1) is 0 Å². The third kappa shape index (κ3) is 3.90. The largest absolute Gasteiger partial charge is 0.371 e. The molecule has 0 radical (unpaired) electrons. The molecule has 0 saturated carbocycles. The van der Waals surface area contributed by atoms with E-state index < -0.39 is 11.0 Å². The molecule has 0 heterocycles. The van der Waals surface area contributed by atoms with Crippen molar-refractivity contribution >= 4 is 17.2 Å². The number of nitrogens with zero attached hydrogens (tertiary/aromatic N) is 1. The van der Waals surface area contributed by atoms with Gasteiger partial charge in [-0.05, 0) is 17.7 Å². The minimum atomic E-state index is -0.579. The maximum atomic E-state index is 13.0. The lowest BCUT2D eigenvalue weighted by atomic mass is 9.97. The van der Waals surface area contributed by atoms with Gasteiger partial charge in [-0.25, -0.2) is 0 Å². The number of ketones is 1. The molecule has 0 spiro atoms. The van der Waals surface area contributed by atoms with Crippen LogP contribution in [0.25, 0.3) is 0 Å². The van der Waals surface area contributed by atoms with Gasteiger partial charge in [0.2, 0.25) is 0 Å². The first-order chi connectivity index (χ1) is 12.1. The van der Waals surface area contributed by atoms with Crippen LogP contribution >= 0.6 is 0 Å². The number of hydrogen-bond acceptors (Lipinski definition) is 4. The van der Waals surface area contributed by atoms with E-state index in [1.807, 2.05) is 48.5 Å². The van der Waals surface area contributed by atoms with Crippen LogP contribution in [0.5, 0.6) is 0 Å². The Morgan fingerprint density at radius 2 is 1.40 bits per heavy atom. The van der Waals surface area contributed by atoms with Gasteiger partial charge >= 0.3 is 0 Å². The van der Waals surface area contributed by atoms with E-state index in [2.05, 4.69) is 5.32 Å². The Morgan fingerprint density at radius 3 is 1.96 bits per heavy atom. The van der Waals surface area contributed by atoms with E-state index >= 15 is 0 Å². The Kier molecular flexibility index (Phi) is 4.85. The van der Waals surface area contributed by atoms with Crippen LogP contribution in [0.4, 0.5) is 11.4 Å². The molecule has 1 atom stereocenters. The SMILES string of the molecule is O=C(c1ccccc1)C(Nc1ccc([N+](=O)[O-])cc1)c1ccccc1. The topological polar surface area (TPSA) is 72.2 Å². The number of nitro benzene ring substituents is 1. The minimum Gasteiger partial charge on any atom is -0.371 e. The Hall–Kier alpha value is -3.47. The number of Topliss-reactive ketones (excluding diaryl/α,β-unsaturated/α-hetero) is 1. The summed E-state index contributed by atoms with van der Waals surface area (Å²) in [5.41, 5.74) is 2.08. The fraction of sp³-hybridized carbons (Fsp3) is 0.0500. The number of benzene rings is 3. The molecule has 0 aliphatic rings. The van der Waals surface area contributed by atoms with Crippen molar-refractivity contribution in [3.63, 3.8) is 0 Å². The molecule has 124 valence electrons. The van der Waals surface area contributed by atoms with Crippen LogP contribution in [0, 0.1) is 10.1 Å². The highest BCUT2D eigenvalue weighted by molar-refractivity contribution is 6.02. The van der Waals surface area contributed by atoms with Crippen LogP contribution < -0.4 is 5.32 Å². The minimum absolute atomic E-state index is 0.0104. The van der Waals surface area contributed by atoms with Gasteiger partial charge < -0.3 is 5.32 Å². The standard InChI is InChI=1S/C20H16N2O3/c23-20(16-9-5-2-6-10-16)19(15-7-3-1-4-8-15)21-17-11-13-18(14-12-17)22(24)25/h1-14,19,21H. The highest BCUT2D eigenvalue weighted by Crippen LogP contribution is 2.25. The Labute approximate surface area is 145 Å². The number of anilines is 1. The van der Waals surface area contributed by atoms with Crippen molar-refractivity contribution in [3.05, 3.63) is 106 Å². The van der Waals surface area contributed by atoms with E-state index in [0.717, 1.165) is 5.56 Å². The summed E-state index contributed by atoms with van der Waals surface area (Å²) in [6, 6.07) is 23.9. The molecule has 3 aromatic rings. The summed E-state index contributed by atoms with van der Waals surface area (Å²) in [6.07, 6.45) is 0. The summed E-state index contributed by atoms with van der Waals surface area (Å²) >= 11 is 0. The summed E-state index contributed by atoms with van der Waals surface area (Å²) in [5.74, 6) is -0.0647. The molecule has 0 fully saturated rings. The van der Waals surface area contributed by atoms with Gasteiger partial charge in [-0.3, -0.25) is 14.9 Å². The monoisotopic (exact) mass is 332 g/mol. The zero-order valence-electron chi connectivity index (χ0n) is 13.3. The molecule has 3 rings (SSSR count). The zero-order chi connectivity index (χ0) is 17.6. The van der Waals surface area contributed by atoms with Crippen molar-refractivity contribution in [2.24, 2.45) is 0 Å². The maximum absolute atomic E-state index is 13.0. The Balaban J connectivity index is 1.92. The van der Waals surface area contributed by atoms with Gasteiger partial charge in [0.1, 0.15) is 6.04 Å². The summed E-state index contributed by atoms with van der Waals surface area (Å²) in [5, 5.41) is 14.0. The smallest absolute Gasteiger partial charge is 0.269 e. The van der Waals surface area contributed by atoms with Gasteiger partial charge in [0.15, 0.2) is 5.78 Å².